The summed E-state index contributed by atoms with van der Waals surface area (Å²) in [7, 11) is 0. The second kappa shape index (κ2) is 11.8. The maximum Gasteiger partial charge on any atom is 0.418 e. The van der Waals surface area contributed by atoms with Gasteiger partial charge in [-0.15, -0.1) is 11.3 Å². The Morgan fingerprint density at radius 2 is 2.00 bits per heavy atom. The maximum absolute atomic E-state index is 13.9. The number of nitrogens with one attached hydrogen (secondary N) is 3. The lowest BCUT2D eigenvalue weighted by molar-refractivity contribution is -0.137. The van der Waals surface area contributed by atoms with Gasteiger partial charge in [0, 0.05) is 18.8 Å². The number of thiophene rings is 1. The molecule has 1 saturated carbocycles. The zero-order valence-corrected chi connectivity index (χ0v) is 21.3. The molecule has 2 fully saturated rings. The molecule has 1 atom stereocenters. The van der Waals surface area contributed by atoms with Gasteiger partial charge in [-0.25, -0.2) is 0 Å². The van der Waals surface area contributed by atoms with Crippen molar-refractivity contribution < 1.29 is 32.3 Å². The van der Waals surface area contributed by atoms with Crippen LogP contribution in [0.1, 0.15) is 34.5 Å². The number of nitrogens with zero attached hydrogens (tertiary/aromatic N) is 1. The number of alkyl halides is 3. The van der Waals surface area contributed by atoms with Gasteiger partial charge in [0.1, 0.15) is 12.6 Å². The number of halogens is 4. The summed E-state index contributed by atoms with van der Waals surface area (Å²) >= 11 is 6.98. The molecule has 4 rings (SSSR count). The SMILES string of the molecule is O=C(NC[C@H](NCC1CCC1)C(=O)Nc1ccc(N2CCOCC2=O)c(C(F)(F)F)c1)c1ccc(Cl)s1. The molecule has 2 aliphatic rings. The minimum atomic E-state index is -4.76. The molecule has 37 heavy (non-hydrogen) atoms. The van der Waals surface area contributed by atoms with E-state index >= 15 is 0 Å². The van der Waals surface area contributed by atoms with Gasteiger partial charge in [-0.1, -0.05) is 18.0 Å². The van der Waals surface area contributed by atoms with Crippen LogP contribution in [0.25, 0.3) is 0 Å². The minimum Gasteiger partial charge on any atom is -0.370 e. The van der Waals surface area contributed by atoms with E-state index in [4.69, 9.17) is 16.3 Å². The number of hydrogen-bond acceptors (Lipinski definition) is 6. The number of carbonyl (C=O) groups is 3. The van der Waals surface area contributed by atoms with Crippen LogP contribution in [0.2, 0.25) is 4.34 Å². The van der Waals surface area contributed by atoms with E-state index in [9.17, 15) is 27.6 Å². The van der Waals surface area contributed by atoms with Crippen LogP contribution in [0.15, 0.2) is 30.3 Å². The standard InChI is InChI=1S/C24H26ClF3N4O4S/c25-20-7-6-19(37-20)23(35)30-12-17(29-11-14-2-1-3-14)22(34)31-15-4-5-18(16(10-15)24(26,27)28)32-8-9-36-13-21(32)33/h4-7,10,14,17,29H,1-3,8-9,11-13H2,(H,30,35)(H,31,34)/t17-/m0/s1. The minimum absolute atomic E-state index is 0.00404. The summed E-state index contributed by atoms with van der Waals surface area (Å²) in [5.41, 5.74) is -1.41. The number of carbonyl (C=O) groups excluding carboxylic acids is 3. The molecular formula is C24H26ClF3N4O4S. The van der Waals surface area contributed by atoms with Gasteiger partial charge < -0.3 is 25.6 Å². The van der Waals surface area contributed by atoms with Gasteiger partial charge in [-0.2, -0.15) is 13.2 Å². The summed E-state index contributed by atoms with van der Waals surface area (Å²) in [5, 5.41) is 8.34. The predicted octanol–water partition coefficient (Wildman–Crippen LogP) is 3.91. The molecule has 2 aromatic rings. The van der Waals surface area contributed by atoms with Crippen molar-refractivity contribution in [2.45, 2.75) is 31.5 Å². The molecule has 2 heterocycles. The highest BCUT2D eigenvalue weighted by Gasteiger charge is 2.37. The maximum atomic E-state index is 13.9. The number of amides is 3. The van der Waals surface area contributed by atoms with E-state index in [2.05, 4.69) is 16.0 Å². The van der Waals surface area contributed by atoms with E-state index in [1.54, 1.807) is 12.1 Å². The molecule has 13 heteroatoms. The second-order valence-corrected chi connectivity index (χ2v) is 10.6. The number of hydrogen-bond donors (Lipinski definition) is 3. The topological polar surface area (TPSA) is 99.8 Å². The second-order valence-electron chi connectivity index (χ2n) is 8.89. The quantitative estimate of drug-likeness (QED) is 0.433. The van der Waals surface area contributed by atoms with Gasteiger partial charge in [0.15, 0.2) is 0 Å². The molecular weight excluding hydrogens is 533 g/mol. The Hall–Kier alpha value is -2.67. The largest absolute Gasteiger partial charge is 0.418 e. The van der Waals surface area contributed by atoms with E-state index in [-0.39, 0.29) is 37.7 Å². The van der Waals surface area contributed by atoms with Gasteiger partial charge in [-0.3, -0.25) is 14.4 Å². The first kappa shape index (κ1) is 27.4. The van der Waals surface area contributed by atoms with E-state index in [0.717, 1.165) is 41.6 Å². The lowest BCUT2D eigenvalue weighted by Crippen LogP contribution is -2.50. The third-order valence-electron chi connectivity index (χ3n) is 6.30. The van der Waals surface area contributed by atoms with Crippen molar-refractivity contribution in [2.24, 2.45) is 5.92 Å². The van der Waals surface area contributed by atoms with Crippen LogP contribution in [-0.4, -0.2) is 56.6 Å². The highest BCUT2D eigenvalue weighted by Crippen LogP contribution is 2.39. The molecule has 1 saturated heterocycles. The third kappa shape index (κ3) is 7.01. The zero-order chi connectivity index (χ0) is 26.6. The van der Waals surface area contributed by atoms with E-state index in [0.29, 0.717) is 21.7 Å². The lowest BCUT2D eigenvalue weighted by Gasteiger charge is -2.30. The molecule has 0 unspecified atom stereocenters. The van der Waals surface area contributed by atoms with Crippen LogP contribution in [0, 0.1) is 5.92 Å². The number of benzene rings is 1. The molecule has 3 N–H and O–H groups in total. The highest BCUT2D eigenvalue weighted by atomic mass is 35.5. The van der Waals surface area contributed by atoms with Crippen LogP contribution < -0.4 is 20.9 Å². The zero-order valence-electron chi connectivity index (χ0n) is 19.7. The fourth-order valence-electron chi connectivity index (χ4n) is 4.06. The first-order valence-corrected chi connectivity index (χ1v) is 13.0. The Kier molecular flexibility index (Phi) is 8.73. The fraction of sp³-hybridized carbons (Fsp3) is 0.458. The van der Waals surface area contributed by atoms with Crippen LogP contribution in [0.5, 0.6) is 0 Å². The number of anilines is 2. The molecule has 200 valence electrons. The van der Waals surface area contributed by atoms with Gasteiger partial charge in [0.05, 0.1) is 27.1 Å². The monoisotopic (exact) mass is 558 g/mol. The molecule has 1 aliphatic carbocycles. The molecule has 1 aliphatic heterocycles. The summed E-state index contributed by atoms with van der Waals surface area (Å²) in [4.78, 5) is 39.1. The summed E-state index contributed by atoms with van der Waals surface area (Å²) < 4.78 is 47.1. The van der Waals surface area contributed by atoms with Crippen LogP contribution >= 0.6 is 22.9 Å². The Morgan fingerprint density at radius 3 is 2.62 bits per heavy atom. The van der Waals surface area contributed by atoms with Crippen LogP contribution in [0.4, 0.5) is 24.5 Å². The summed E-state index contributed by atoms with van der Waals surface area (Å²) in [6, 6.07) is 5.58. The lowest BCUT2D eigenvalue weighted by atomic mass is 9.85. The van der Waals surface area contributed by atoms with Gasteiger partial charge >= 0.3 is 6.18 Å². The van der Waals surface area contributed by atoms with Crippen molar-refractivity contribution in [1.29, 1.82) is 0 Å². The third-order valence-corrected chi connectivity index (χ3v) is 7.53. The van der Waals surface area contributed by atoms with Crippen molar-refractivity contribution in [3.63, 3.8) is 0 Å². The smallest absolute Gasteiger partial charge is 0.370 e. The summed E-state index contributed by atoms with van der Waals surface area (Å²) in [6.45, 7) is 0.298. The first-order valence-electron chi connectivity index (χ1n) is 11.8. The molecule has 1 aromatic carbocycles. The molecule has 0 spiro atoms. The molecule has 8 nitrogen and oxygen atoms in total. The van der Waals surface area contributed by atoms with Gasteiger partial charge in [0.2, 0.25) is 5.91 Å². The Labute approximate surface area is 220 Å². The predicted molar refractivity (Wildman–Crippen MR) is 134 cm³/mol. The van der Waals surface area contributed by atoms with Crippen molar-refractivity contribution in [2.75, 3.05) is 43.1 Å². The summed E-state index contributed by atoms with van der Waals surface area (Å²) in [5.74, 6) is -1.16. The number of morpholine rings is 1. The molecule has 0 radical (unpaired) electrons. The van der Waals surface area contributed by atoms with E-state index in [1.807, 2.05) is 0 Å². The molecule has 3 amide bonds. The van der Waals surface area contributed by atoms with Crippen molar-refractivity contribution in [3.8, 4) is 0 Å². The highest BCUT2D eigenvalue weighted by molar-refractivity contribution is 7.18. The Morgan fingerprint density at radius 1 is 1.22 bits per heavy atom. The summed E-state index contributed by atoms with van der Waals surface area (Å²) in [6.07, 6.45) is -1.60. The average molecular weight is 559 g/mol. The Balaban J connectivity index is 1.48. The first-order chi connectivity index (χ1) is 17.6. The molecule has 0 bridgehead atoms. The van der Waals surface area contributed by atoms with Crippen molar-refractivity contribution >= 4 is 52.0 Å². The number of ether oxygens (including phenoxy) is 1. The van der Waals surface area contributed by atoms with Gasteiger partial charge in [-0.05, 0) is 55.6 Å². The van der Waals surface area contributed by atoms with Crippen LogP contribution in [0.3, 0.4) is 0 Å². The van der Waals surface area contributed by atoms with Crippen molar-refractivity contribution in [3.05, 3.63) is 45.1 Å². The van der Waals surface area contributed by atoms with Gasteiger partial charge in [0.25, 0.3) is 11.8 Å². The van der Waals surface area contributed by atoms with E-state index < -0.39 is 35.5 Å². The Bertz CT molecular complexity index is 1160. The van der Waals surface area contributed by atoms with Crippen molar-refractivity contribution in [1.82, 2.24) is 10.6 Å². The van der Waals surface area contributed by atoms with E-state index in [1.165, 1.54) is 12.1 Å². The number of rotatable bonds is 9. The average Bonchev–Trinajstić information content (AvgIpc) is 3.26. The molecule has 1 aromatic heterocycles. The van der Waals surface area contributed by atoms with Crippen LogP contribution in [-0.2, 0) is 20.5 Å². The fourth-order valence-corrected chi connectivity index (χ4v) is 5.02. The normalized spacial score (nSPS) is 17.3.